The van der Waals surface area contributed by atoms with Gasteiger partial charge in [0.2, 0.25) is 0 Å². The van der Waals surface area contributed by atoms with Gasteiger partial charge in [-0.3, -0.25) is 0 Å². The summed E-state index contributed by atoms with van der Waals surface area (Å²) in [4.78, 5) is 7.64. The Morgan fingerprint density at radius 2 is 1.86 bits per heavy atom. The number of benzene rings is 2. The number of nitrogens with zero attached hydrogens (tertiary/aromatic N) is 2. The summed E-state index contributed by atoms with van der Waals surface area (Å²) in [6, 6.07) is 12.0. The second-order valence-electron chi connectivity index (χ2n) is 5.67. The standard InChI is InChI=1S/C19H15F3N4OS/c20-14-6-3-4-12(8-14)11-27-18-23-10-16(22)17(25-18)26-19(28)24-9-13-5-1-2-7-15(13)21/h1-8,10H,9,11H2,(H2,23,24,25,26,28). The smallest absolute Gasteiger partial charge is 0.318 e. The molecular formula is C19H15F3N4OS. The first-order valence-electron chi connectivity index (χ1n) is 8.19. The van der Waals surface area contributed by atoms with Gasteiger partial charge in [-0.25, -0.2) is 18.2 Å². The third-order valence-electron chi connectivity index (χ3n) is 3.61. The summed E-state index contributed by atoms with van der Waals surface area (Å²) in [6.07, 6.45) is 0.926. The Kier molecular flexibility index (Phi) is 6.38. The van der Waals surface area contributed by atoms with Gasteiger partial charge in [-0.1, -0.05) is 30.3 Å². The van der Waals surface area contributed by atoms with Gasteiger partial charge in [0.1, 0.15) is 18.2 Å². The van der Waals surface area contributed by atoms with Crippen molar-refractivity contribution in [3.63, 3.8) is 0 Å². The van der Waals surface area contributed by atoms with Gasteiger partial charge in [-0.05, 0) is 36.0 Å². The van der Waals surface area contributed by atoms with Crippen LogP contribution in [0.3, 0.4) is 0 Å². The van der Waals surface area contributed by atoms with Crippen molar-refractivity contribution in [3.05, 3.63) is 83.3 Å². The van der Waals surface area contributed by atoms with Crippen molar-refractivity contribution in [2.24, 2.45) is 0 Å². The summed E-state index contributed by atoms with van der Waals surface area (Å²) in [6.45, 7) is 0.132. The molecule has 3 aromatic rings. The molecule has 0 spiro atoms. The molecular weight excluding hydrogens is 389 g/mol. The second kappa shape index (κ2) is 9.14. The van der Waals surface area contributed by atoms with Crippen LogP contribution in [0.15, 0.2) is 54.7 Å². The van der Waals surface area contributed by atoms with Gasteiger partial charge in [0.05, 0.1) is 6.20 Å². The van der Waals surface area contributed by atoms with Crippen molar-refractivity contribution in [3.8, 4) is 6.01 Å². The molecule has 0 saturated carbocycles. The quantitative estimate of drug-likeness (QED) is 0.607. The van der Waals surface area contributed by atoms with Crippen molar-refractivity contribution < 1.29 is 17.9 Å². The molecule has 0 saturated heterocycles. The van der Waals surface area contributed by atoms with Crippen LogP contribution in [0.4, 0.5) is 19.0 Å². The summed E-state index contributed by atoms with van der Waals surface area (Å²) in [5.41, 5.74) is 0.985. The lowest BCUT2D eigenvalue weighted by molar-refractivity contribution is 0.279. The zero-order valence-corrected chi connectivity index (χ0v) is 15.3. The largest absolute Gasteiger partial charge is 0.459 e. The molecule has 2 N–H and O–H groups in total. The van der Waals surface area contributed by atoms with E-state index in [4.69, 9.17) is 17.0 Å². The highest BCUT2D eigenvalue weighted by molar-refractivity contribution is 7.80. The fourth-order valence-corrected chi connectivity index (χ4v) is 2.42. The van der Waals surface area contributed by atoms with Crippen LogP contribution >= 0.6 is 12.2 Å². The summed E-state index contributed by atoms with van der Waals surface area (Å²) in [5.74, 6) is -1.71. The first kappa shape index (κ1) is 19.6. The average molecular weight is 404 g/mol. The van der Waals surface area contributed by atoms with Crippen LogP contribution in [-0.2, 0) is 13.2 Å². The molecule has 9 heteroatoms. The van der Waals surface area contributed by atoms with E-state index in [9.17, 15) is 13.2 Å². The monoisotopic (exact) mass is 404 g/mol. The van der Waals surface area contributed by atoms with Crippen molar-refractivity contribution in [2.45, 2.75) is 13.2 Å². The summed E-state index contributed by atoms with van der Waals surface area (Å²) < 4.78 is 46.1. The normalized spacial score (nSPS) is 10.4. The van der Waals surface area contributed by atoms with Gasteiger partial charge < -0.3 is 15.4 Å². The minimum atomic E-state index is -0.742. The van der Waals surface area contributed by atoms with Gasteiger partial charge in [-0.2, -0.15) is 4.98 Å². The number of halogens is 3. The number of rotatable bonds is 6. The zero-order chi connectivity index (χ0) is 19.9. The van der Waals surface area contributed by atoms with Crippen molar-refractivity contribution in [1.29, 1.82) is 0 Å². The molecule has 0 atom stereocenters. The molecule has 1 heterocycles. The molecule has 144 valence electrons. The Morgan fingerprint density at radius 3 is 2.64 bits per heavy atom. The van der Waals surface area contributed by atoms with Crippen LogP contribution < -0.4 is 15.4 Å². The molecule has 0 radical (unpaired) electrons. The molecule has 5 nitrogen and oxygen atoms in total. The molecule has 0 unspecified atom stereocenters. The fourth-order valence-electron chi connectivity index (χ4n) is 2.25. The van der Waals surface area contributed by atoms with Gasteiger partial charge >= 0.3 is 6.01 Å². The fraction of sp³-hybridized carbons (Fsp3) is 0.105. The molecule has 0 bridgehead atoms. The van der Waals surface area contributed by atoms with Crippen molar-refractivity contribution in [1.82, 2.24) is 15.3 Å². The van der Waals surface area contributed by atoms with Crippen molar-refractivity contribution >= 4 is 23.1 Å². The first-order valence-corrected chi connectivity index (χ1v) is 8.60. The maximum absolute atomic E-state index is 13.9. The van der Waals surface area contributed by atoms with E-state index in [1.165, 1.54) is 18.2 Å². The van der Waals surface area contributed by atoms with Gasteiger partial charge in [0, 0.05) is 12.1 Å². The second-order valence-corrected chi connectivity index (χ2v) is 6.08. The Hall–Kier alpha value is -3.20. The minimum Gasteiger partial charge on any atom is -0.459 e. The SMILES string of the molecule is Fc1cccc(COc2ncc(F)c(NC(=S)NCc3ccccc3F)n2)c1. The van der Waals surface area contributed by atoms with E-state index in [1.54, 1.807) is 30.3 Å². The number of anilines is 1. The number of ether oxygens (including phenoxy) is 1. The van der Waals surface area contributed by atoms with Crippen LogP contribution in [0.1, 0.15) is 11.1 Å². The predicted molar refractivity (Wildman–Crippen MR) is 102 cm³/mol. The molecule has 28 heavy (non-hydrogen) atoms. The predicted octanol–water partition coefficient (Wildman–Crippen LogP) is 3.96. The third-order valence-corrected chi connectivity index (χ3v) is 3.85. The molecule has 3 rings (SSSR count). The summed E-state index contributed by atoms with van der Waals surface area (Å²) >= 11 is 5.08. The number of aromatic nitrogens is 2. The Labute approximate surface area is 164 Å². The van der Waals surface area contributed by atoms with Gasteiger partial charge in [0.15, 0.2) is 16.7 Å². The lowest BCUT2D eigenvalue weighted by atomic mass is 10.2. The topological polar surface area (TPSA) is 59.1 Å². The van der Waals surface area contributed by atoms with Crippen molar-refractivity contribution in [2.75, 3.05) is 5.32 Å². The number of thiocarbonyl (C=S) groups is 1. The van der Waals surface area contributed by atoms with Crippen LogP contribution in [0, 0.1) is 17.5 Å². The van der Waals surface area contributed by atoms with E-state index < -0.39 is 11.6 Å². The van der Waals surface area contributed by atoms with E-state index in [-0.39, 0.29) is 35.9 Å². The van der Waals surface area contributed by atoms with E-state index in [0.717, 1.165) is 6.20 Å². The molecule has 2 aromatic carbocycles. The molecule has 0 aliphatic carbocycles. The Balaban J connectivity index is 1.59. The maximum atomic E-state index is 13.9. The first-order chi connectivity index (χ1) is 13.5. The number of hydrogen-bond acceptors (Lipinski definition) is 4. The molecule has 0 aliphatic rings. The summed E-state index contributed by atoms with van der Waals surface area (Å²) in [7, 11) is 0. The van der Waals surface area contributed by atoms with E-state index in [0.29, 0.717) is 11.1 Å². The Bertz CT molecular complexity index is 987. The lowest BCUT2D eigenvalue weighted by Crippen LogP contribution is -2.29. The van der Waals surface area contributed by atoms with Gasteiger partial charge in [0.25, 0.3) is 0 Å². The lowest BCUT2D eigenvalue weighted by Gasteiger charge is -2.12. The number of hydrogen-bond donors (Lipinski definition) is 2. The zero-order valence-electron chi connectivity index (χ0n) is 14.5. The van der Waals surface area contributed by atoms with Crippen LogP contribution in [0.25, 0.3) is 0 Å². The van der Waals surface area contributed by atoms with Gasteiger partial charge in [-0.15, -0.1) is 0 Å². The molecule has 0 aliphatic heterocycles. The van der Waals surface area contributed by atoms with Crippen LogP contribution in [0.2, 0.25) is 0 Å². The maximum Gasteiger partial charge on any atom is 0.318 e. The van der Waals surface area contributed by atoms with E-state index in [2.05, 4.69) is 20.6 Å². The highest BCUT2D eigenvalue weighted by atomic mass is 32.1. The highest BCUT2D eigenvalue weighted by Crippen LogP contribution is 2.15. The van der Waals surface area contributed by atoms with Crippen LogP contribution in [0.5, 0.6) is 6.01 Å². The Morgan fingerprint density at radius 1 is 1.04 bits per heavy atom. The third kappa shape index (κ3) is 5.40. The highest BCUT2D eigenvalue weighted by Gasteiger charge is 2.10. The van der Waals surface area contributed by atoms with E-state index in [1.807, 2.05) is 0 Å². The number of nitrogens with one attached hydrogen (secondary N) is 2. The summed E-state index contributed by atoms with van der Waals surface area (Å²) in [5, 5.41) is 5.40. The van der Waals surface area contributed by atoms with Crippen LogP contribution in [-0.4, -0.2) is 15.1 Å². The molecule has 0 fully saturated rings. The molecule has 0 amide bonds. The minimum absolute atomic E-state index is 0.0127. The van der Waals surface area contributed by atoms with E-state index >= 15 is 0 Å². The molecule has 1 aromatic heterocycles. The average Bonchev–Trinajstić information content (AvgIpc) is 2.68.